The van der Waals surface area contributed by atoms with Crippen LogP contribution in [0.25, 0.3) is 0 Å². The van der Waals surface area contributed by atoms with Crippen LogP contribution >= 0.6 is 0 Å². The van der Waals surface area contributed by atoms with E-state index in [-0.39, 0.29) is 17.8 Å². The fraction of sp³-hybridized carbons (Fsp3) is 0.600. The smallest absolute Gasteiger partial charge is 0.149 e. The van der Waals surface area contributed by atoms with Crippen molar-refractivity contribution in [2.75, 3.05) is 25.2 Å². The number of halogens is 2. The van der Waals surface area contributed by atoms with Gasteiger partial charge in [0.05, 0.1) is 6.61 Å². The van der Waals surface area contributed by atoms with E-state index in [1.165, 1.54) is 12.1 Å². The van der Waals surface area contributed by atoms with Gasteiger partial charge in [0, 0.05) is 25.7 Å². The second kappa shape index (κ2) is 6.50. The summed E-state index contributed by atoms with van der Waals surface area (Å²) >= 11 is 0. The van der Waals surface area contributed by atoms with E-state index >= 15 is 0 Å². The molecule has 0 radical (unpaired) electrons. The van der Waals surface area contributed by atoms with Crippen LogP contribution in [-0.2, 0) is 11.2 Å². The average Bonchev–Trinajstić information content (AvgIpc) is 3.15. The van der Waals surface area contributed by atoms with Crippen LogP contribution in [0.15, 0.2) is 12.1 Å². The first kappa shape index (κ1) is 15.2. The fourth-order valence-electron chi connectivity index (χ4n) is 2.43. The molecule has 1 atom stereocenters. The average molecular weight is 284 g/mol. The molecular formula is C15H22F2N2O. The standard InChI is InChI=1S/C15H22F2N2O/c1-10(18)7-11-8-13(16)15(14(17)9-11)19(5-6-20-2)12-3-4-12/h8-10,12H,3-7,18H2,1-2H3. The van der Waals surface area contributed by atoms with E-state index in [4.69, 9.17) is 10.5 Å². The number of ether oxygens (including phenoxy) is 1. The molecule has 5 heteroatoms. The van der Waals surface area contributed by atoms with E-state index in [2.05, 4.69) is 0 Å². The molecular weight excluding hydrogens is 262 g/mol. The van der Waals surface area contributed by atoms with E-state index in [1.54, 1.807) is 12.0 Å². The maximum atomic E-state index is 14.3. The molecule has 0 aliphatic heterocycles. The number of benzene rings is 1. The van der Waals surface area contributed by atoms with E-state index in [1.807, 2.05) is 6.92 Å². The van der Waals surface area contributed by atoms with Crippen LogP contribution in [0.1, 0.15) is 25.3 Å². The van der Waals surface area contributed by atoms with E-state index in [9.17, 15) is 8.78 Å². The van der Waals surface area contributed by atoms with Gasteiger partial charge in [-0.2, -0.15) is 0 Å². The van der Waals surface area contributed by atoms with Gasteiger partial charge in [0.25, 0.3) is 0 Å². The van der Waals surface area contributed by atoms with Crippen molar-refractivity contribution in [3.8, 4) is 0 Å². The van der Waals surface area contributed by atoms with Crippen molar-refractivity contribution in [1.29, 1.82) is 0 Å². The topological polar surface area (TPSA) is 38.5 Å². The maximum absolute atomic E-state index is 14.3. The molecule has 1 fully saturated rings. The minimum atomic E-state index is -0.511. The molecule has 2 N–H and O–H groups in total. The predicted octanol–water partition coefficient (Wildman–Crippen LogP) is 2.47. The number of nitrogens with zero attached hydrogens (tertiary/aromatic N) is 1. The first-order chi connectivity index (χ1) is 9.52. The third kappa shape index (κ3) is 3.67. The number of methoxy groups -OCH3 is 1. The number of hydrogen-bond donors (Lipinski definition) is 1. The van der Waals surface area contributed by atoms with Crippen LogP contribution in [0.3, 0.4) is 0 Å². The molecule has 1 aliphatic carbocycles. The van der Waals surface area contributed by atoms with Crippen molar-refractivity contribution < 1.29 is 13.5 Å². The number of rotatable bonds is 7. The Kier molecular flexibility index (Phi) is 4.94. The van der Waals surface area contributed by atoms with E-state index < -0.39 is 11.6 Å². The summed E-state index contributed by atoms with van der Waals surface area (Å²) in [7, 11) is 1.59. The molecule has 1 aromatic rings. The van der Waals surface area contributed by atoms with Gasteiger partial charge in [-0.1, -0.05) is 0 Å². The summed E-state index contributed by atoms with van der Waals surface area (Å²) in [5.74, 6) is -1.02. The SMILES string of the molecule is COCCN(c1c(F)cc(CC(C)N)cc1F)C1CC1. The molecule has 2 rings (SSSR count). The highest BCUT2D eigenvalue weighted by atomic mass is 19.1. The highest BCUT2D eigenvalue weighted by molar-refractivity contribution is 5.52. The predicted molar refractivity (Wildman–Crippen MR) is 76.0 cm³/mol. The van der Waals surface area contributed by atoms with Crippen molar-refractivity contribution in [2.45, 2.75) is 38.3 Å². The van der Waals surface area contributed by atoms with Gasteiger partial charge in [0.1, 0.15) is 17.3 Å². The lowest BCUT2D eigenvalue weighted by Gasteiger charge is -2.25. The van der Waals surface area contributed by atoms with Crippen LogP contribution in [-0.4, -0.2) is 32.3 Å². The number of nitrogens with two attached hydrogens (primary N) is 1. The van der Waals surface area contributed by atoms with Crippen LogP contribution in [0.2, 0.25) is 0 Å². The molecule has 0 aromatic heterocycles. The van der Waals surface area contributed by atoms with Crippen LogP contribution < -0.4 is 10.6 Å². The van der Waals surface area contributed by atoms with Gasteiger partial charge in [0.2, 0.25) is 0 Å². The highest BCUT2D eigenvalue weighted by Crippen LogP contribution is 2.35. The minimum Gasteiger partial charge on any atom is -0.383 e. The molecule has 0 bridgehead atoms. The Labute approximate surface area is 118 Å². The molecule has 0 amide bonds. The quantitative estimate of drug-likeness (QED) is 0.836. The van der Waals surface area contributed by atoms with Crippen molar-refractivity contribution in [1.82, 2.24) is 0 Å². The summed E-state index contributed by atoms with van der Waals surface area (Å²) < 4.78 is 33.6. The summed E-state index contributed by atoms with van der Waals surface area (Å²) in [5, 5.41) is 0. The third-order valence-corrected chi connectivity index (χ3v) is 3.45. The van der Waals surface area contributed by atoms with Gasteiger partial charge >= 0.3 is 0 Å². The van der Waals surface area contributed by atoms with Gasteiger partial charge in [-0.05, 0) is 43.9 Å². The Morgan fingerprint density at radius 3 is 2.40 bits per heavy atom. The molecule has 0 heterocycles. The third-order valence-electron chi connectivity index (χ3n) is 3.45. The molecule has 20 heavy (non-hydrogen) atoms. The van der Waals surface area contributed by atoms with E-state index in [0.717, 1.165) is 12.8 Å². The molecule has 1 aliphatic rings. The second-order valence-electron chi connectivity index (χ2n) is 5.51. The normalized spacial score (nSPS) is 16.2. The maximum Gasteiger partial charge on any atom is 0.149 e. The lowest BCUT2D eigenvalue weighted by molar-refractivity contribution is 0.204. The Morgan fingerprint density at radius 2 is 1.95 bits per heavy atom. The number of hydrogen-bond acceptors (Lipinski definition) is 3. The van der Waals surface area contributed by atoms with Gasteiger partial charge < -0.3 is 15.4 Å². The van der Waals surface area contributed by atoms with Crippen LogP contribution in [0.4, 0.5) is 14.5 Å². The Balaban J connectivity index is 2.25. The van der Waals surface area contributed by atoms with Crippen molar-refractivity contribution in [3.63, 3.8) is 0 Å². The molecule has 3 nitrogen and oxygen atoms in total. The molecule has 1 unspecified atom stereocenters. The van der Waals surface area contributed by atoms with Crippen LogP contribution in [0, 0.1) is 11.6 Å². The molecule has 1 saturated carbocycles. The second-order valence-corrected chi connectivity index (χ2v) is 5.51. The first-order valence-electron chi connectivity index (χ1n) is 7.02. The first-order valence-corrected chi connectivity index (χ1v) is 7.02. The largest absolute Gasteiger partial charge is 0.383 e. The fourth-order valence-corrected chi connectivity index (χ4v) is 2.43. The molecule has 0 saturated heterocycles. The zero-order chi connectivity index (χ0) is 14.7. The minimum absolute atomic E-state index is 0.0676. The monoisotopic (exact) mass is 284 g/mol. The summed E-state index contributed by atoms with van der Waals surface area (Å²) in [6, 6.07) is 2.90. The van der Waals surface area contributed by atoms with Crippen molar-refractivity contribution in [2.24, 2.45) is 5.73 Å². The zero-order valence-corrected chi connectivity index (χ0v) is 12.0. The summed E-state index contributed by atoms with van der Waals surface area (Å²) in [5.41, 5.74) is 6.34. The van der Waals surface area contributed by atoms with Crippen LogP contribution in [0.5, 0.6) is 0 Å². The molecule has 112 valence electrons. The summed E-state index contributed by atoms with van der Waals surface area (Å²) in [4.78, 5) is 1.78. The molecule has 0 spiro atoms. The van der Waals surface area contributed by atoms with Gasteiger partial charge in [-0.3, -0.25) is 0 Å². The summed E-state index contributed by atoms with van der Waals surface area (Å²) in [6.45, 7) is 2.78. The van der Waals surface area contributed by atoms with Gasteiger partial charge in [-0.25, -0.2) is 8.78 Å². The highest BCUT2D eigenvalue weighted by Gasteiger charge is 2.32. The van der Waals surface area contributed by atoms with Crippen molar-refractivity contribution in [3.05, 3.63) is 29.3 Å². The number of anilines is 1. The Morgan fingerprint density at radius 1 is 1.35 bits per heavy atom. The Hall–Kier alpha value is -1.20. The van der Waals surface area contributed by atoms with E-state index in [0.29, 0.717) is 25.1 Å². The molecule has 1 aromatic carbocycles. The van der Waals surface area contributed by atoms with Crippen molar-refractivity contribution >= 4 is 5.69 Å². The Bertz CT molecular complexity index is 438. The lowest BCUT2D eigenvalue weighted by atomic mass is 10.1. The van der Waals surface area contributed by atoms with Gasteiger partial charge in [-0.15, -0.1) is 0 Å². The zero-order valence-electron chi connectivity index (χ0n) is 12.0. The van der Waals surface area contributed by atoms with Gasteiger partial charge in [0.15, 0.2) is 0 Å². The lowest BCUT2D eigenvalue weighted by Crippen LogP contribution is -2.31. The summed E-state index contributed by atoms with van der Waals surface area (Å²) in [6.07, 6.45) is 2.42.